The molecule has 2 aliphatic rings. The van der Waals surface area contributed by atoms with Crippen LogP contribution in [0.2, 0.25) is 0 Å². The molecule has 0 spiro atoms. The number of aryl methyl sites for hydroxylation is 1. The van der Waals surface area contributed by atoms with Crippen molar-refractivity contribution in [3.05, 3.63) is 24.0 Å². The number of carbonyl (C=O) groups is 1. The molecule has 0 unspecified atom stereocenters. The summed E-state index contributed by atoms with van der Waals surface area (Å²) >= 11 is 0. The number of nitrogens with one attached hydrogen (secondary N) is 2. The zero-order valence-corrected chi connectivity index (χ0v) is 15.2. The van der Waals surface area contributed by atoms with Gasteiger partial charge >= 0.3 is 12.2 Å². The van der Waals surface area contributed by atoms with Gasteiger partial charge in [-0.2, -0.15) is 13.2 Å². The van der Waals surface area contributed by atoms with E-state index in [0.717, 1.165) is 19.5 Å². The van der Waals surface area contributed by atoms with Crippen molar-refractivity contribution in [3.63, 3.8) is 0 Å². The Kier molecular flexibility index (Phi) is 5.22. The lowest BCUT2D eigenvalue weighted by atomic mass is 10.1. The largest absolute Gasteiger partial charge is 0.483 e. The van der Waals surface area contributed by atoms with Gasteiger partial charge in [-0.15, -0.1) is 0 Å². The second-order valence-corrected chi connectivity index (χ2v) is 7.17. The zero-order valence-electron chi connectivity index (χ0n) is 15.2. The molecule has 0 aromatic carbocycles. The molecule has 10 heteroatoms. The van der Waals surface area contributed by atoms with Crippen LogP contribution in [0.3, 0.4) is 0 Å². The number of rotatable bonds is 4. The highest BCUT2D eigenvalue weighted by atomic mass is 19.4. The first-order valence-electron chi connectivity index (χ1n) is 8.55. The van der Waals surface area contributed by atoms with Crippen LogP contribution in [0.5, 0.6) is 5.75 Å². The molecule has 2 fully saturated rings. The van der Waals surface area contributed by atoms with E-state index >= 15 is 0 Å². The van der Waals surface area contributed by atoms with Gasteiger partial charge in [-0.1, -0.05) is 0 Å². The van der Waals surface area contributed by atoms with Crippen molar-refractivity contribution in [1.82, 2.24) is 15.6 Å². The number of ether oxygens (including phenoxy) is 3. The van der Waals surface area contributed by atoms with E-state index in [1.54, 1.807) is 18.3 Å². The predicted octanol–water partition coefficient (Wildman–Crippen LogP) is 1.94. The number of aromatic nitrogens is 1. The zero-order chi connectivity index (χ0) is 19.8. The number of pyridine rings is 1. The number of halogens is 3. The van der Waals surface area contributed by atoms with Crippen LogP contribution in [-0.2, 0) is 9.47 Å². The van der Waals surface area contributed by atoms with E-state index in [4.69, 9.17) is 14.2 Å². The molecule has 1 aromatic heterocycles. The molecular weight excluding hydrogens is 367 g/mol. The molecule has 7 nitrogen and oxygen atoms in total. The van der Waals surface area contributed by atoms with Crippen LogP contribution in [-0.4, -0.2) is 60.3 Å². The van der Waals surface area contributed by atoms with Gasteiger partial charge in [0.25, 0.3) is 0 Å². The van der Waals surface area contributed by atoms with Crippen LogP contribution in [0.25, 0.3) is 0 Å². The number of hydrogen-bond donors (Lipinski definition) is 2. The number of hydrogen-bond acceptors (Lipinski definition) is 5. The third kappa shape index (κ3) is 4.11. The summed E-state index contributed by atoms with van der Waals surface area (Å²) in [6, 6.07) is 2.04. The summed E-state index contributed by atoms with van der Waals surface area (Å²) < 4.78 is 56.0. The van der Waals surface area contributed by atoms with E-state index in [0.29, 0.717) is 5.75 Å². The standard InChI is InChI=1S/C17H22F3N3O4/c1-9-11(5-4-6-21-9)27-12-8-26-13-10(7-25-14(12)13)22-15(24)23-16(2,3)17(18,19)20/h4-6,10,12-14H,7-8H2,1-3H3,(H2,22,23,24)/t10-,12-,13+,14+/m0/s1. The number of amides is 2. The lowest BCUT2D eigenvalue weighted by molar-refractivity contribution is -0.182. The number of nitrogens with zero attached hydrogens (tertiary/aromatic N) is 1. The molecule has 4 atom stereocenters. The fraction of sp³-hybridized carbons (Fsp3) is 0.647. The van der Waals surface area contributed by atoms with E-state index in [1.165, 1.54) is 0 Å². The van der Waals surface area contributed by atoms with Crippen molar-refractivity contribution >= 4 is 6.03 Å². The summed E-state index contributed by atoms with van der Waals surface area (Å²) in [5, 5.41) is 4.44. The Morgan fingerprint density at radius 3 is 2.63 bits per heavy atom. The Morgan fingerprint density at radius 2 is 1.96 bits per heavy atom. The summed E-state index contributed by atoms with van der Waals surface area (Å²) in [7, 11) is 0. The third-order valence-electron chi connectivity index (χ3n) is 4.70. The summed E-state index contributed by atoms with van der Waals surface area (Å²) in [4.78, 5) is 16.1. The van der Waals surface area contributed by atoms with E-state index < -0.39 is 36.0 Å². The van der Waals surface area contributed by atoms with Gasteiger partial charge in [0.1, 0.15) is 23.5 Å². The summed E-state index contributed by atoms with van der Waals surface area (Å²) in [5.74, 6) is 0.608. The van der Waals surface area contributed by atoms with E-state index in [9.17, 15) is 18.0 Å². The second kappa shape index (κ2) is 7.16. The highest BCUT2D eigenvalue weighted by Gasteiger charge is 2.51. The van der Waals surface area contributed by atoms with E-state index in [1.807, 2.05) is 12.2 Å². The normalized spacial score (nSPS) is 27.9. The van der Waals surface area contributed by atoms with Crippen molar-refractivity contribution in [2.75, 3.05) is 13.2 Å². The predicted molar refractivity (Wildman–Crippen MR) is 88.5 cm³/mol. The highest BCUT2D eigenvalue weighted by Crippen LogP contribution is 2.31. The maximum absolute atomic E-state index is 12.9. The minimum Gasteiger partial charge on any atom is -0.483 e. The molecule has 3 rings (SSSR count). The van der Waals surface area contributed by atoms with Gasteiger partial charge in [-0.25, -0.2) is 4.79 Å². The molecule has 2 N–H and O–H groups in total. The van der Waals surface area contributed by atoms with E-state index in [2.05, 4.69) is 10.3 Å². The Hall–Kier alpha value is -2.07. The molecule has 2 aliphatic heterocycles. The van der Waals surface area contributed by atoms with Gasteiger partial charge < -0.3 is 24.8 Å². The van der Waals surface area contributed by atoms with Crippen LogP contribution >= 0.6 is 0 Å². The van der Waals surface area contributed by atoms with Gasteiger partial charge in [0.15, 0.2) is 6.10 Å². The molecule has 27 heavy (non-hydrogen) atoms. The smallest absolute Gasteiger partial charge is 0.411 e. The lowest BCUT2D eigenvalue weighted by Gasteiger charge is -2.29. The maximum atomic E-state index is 12.9. The molecule has 2 saturated heterocycles. The third-order valence-corrected chi connectivity index (χ3v) is 4.70. The molecule has 150 valence electrons. The van der Waals surface area contributed by atoms with Crippen LogP contribution < -0.4 is 15.4 Å². The van der Waals surface area contributed by atoms with Crippen molar-refractivity contribution in [1.29, 1.82) is 0 Å². The lowest BCUT2D eigenvalue weighted by Crippen LogP contribution is -2.59. The number of carbonyl (C=O) groups excluding carboxylic acids is 1. The molecule has 0 saturated carbocycles. The minimum absolute atomic E-state index is 0.126. The Balaban J connectivity index is 1.57. The molecule has 0 radical (unpaired) electrons. The highest BCUT2D eigenvalue weighted by molar-refractivity contribution is 5.75. The van der Waals surface area contributed by atoms with Crippen LogP contribution in [0.4, 0.5) is 18.0 Å². The molecule has 3 heterocycles. The van der Waals surface area contributed by atoms with Gasteiger partial charge in [0, 0.05) is 6.20 Å². The van der Waals surface area contributed by atoms with Crippen LogP contribution in [0.1, 0.15) is 19.5 Å². The Labute approximate surface area is 154 Å². The first-order valence-corrected chi connectivity index (χ1v) is 8.55. The van der Waals surface area contributed by atoms with Gasteiger partial charge in [0.05, 0.1) is 24.9 Å². The fourth-order valence-corrected chi connectivity index (χ4v) is 3.01. The Bertz CT molecular complexity index is 698. The first kappa shape index (κ1) is 19.7. The van der Waals surface area contributed by atoms with Crippen LogP contribution in [0.15, 0.2) is 18.3 Å². The number of alkyl halides is 3. The maximum Gasteiger partial charge on any atom is 0.411 e. The summed E-state index contributed by atoms with van der Waals surface area (Å²) in [6.07, 6.45) is -4.22. The first-order chi connectivity index (χ1) is 12.6. The number of fused-ring (bicyclic) bond motifs is 1. The topological polar surface area (TPSA) is 81.7 Å². The van der Waals surface area contributed by atoms with Gasteiger partial charge in [0.2, 0.25) is 0 Å². The van der Waals surface area contributed by atoms with Crippen LogP contribution in [0, 0.1) is 6.92 Å². The van der Waals surface area contributed by atoms with Gasteiger partial charge in [-0.3, -0.25) is 4.98 Å². The van der Waals surface area contributed by atoms with Crippen molar-refractivity contribution in [3.8, 4) is 5.75 Å². The minimum atomic E-state index is -4.57. The van der Waals surface area contributed by atoms with Gasteiger partial charge in [-0.05, 0) is 32.9 Å². The van der Waals surface area contributed by atoms with E-state index in [-0.39, 0.29) is 19.3 Å². The SMILES string of the molecule is Cc1ncccc1O[C@H]1CO[C@H]2[C@@H]1OC[C@@H]2NC(=O)NC(C)(C)C(F)(F)F. The molecule has 2 amide bonds. The van der Waals surface area contributed by atoms with Crippen molar-refractivity contribution < 1.29 is 32.2 Å². The number of urea groups is 1. The Morgan fingerprint density at radius 1 is 1.26 bits per heavy atom. The quantitative estimate of drug-likeness (QED) is 0.823. The van der Waals surface area contributed by atoms with Crippen molar-refractivity contribution in [2.45, 2.75) is 56.8 Å². The average molecular weight is 389 g/mol. The molecule has 0 bridgehead atoms. The molecule has 0 aliphatic carbocycles. The summed E-state index contributed by atoms with van der Waals surface area (Å²) in [5.41, 5.74) is -1.63. The summed E-state index contributed by atoms with van der Waals surface area (Å²) in [6.45, 7) is 3.98. The van der Waals surface area contributed by atoms with Crippen molar-refractivity contribution in [2.24, 2.45) is 0 Å². The second-order valence-electron chi connectivity index (χ2n) is 7.17. The average Bonchev–Trinajstić information content (AvgIpc) is 3.12. The molecular formula is C17H22F3N3O4. The fourth-order valence-electron chi connectivity index (χ4n) is 3.01. The monoisotopic (exact) mass is 389 g/mol. The molecule has 1 aromatic rings.